The van der Waals surface area contributed by atoms with Gasteiger partial charge in [0.25, 0.3) is 0 Å². The van der Waals surface area contributed by atoms with E-state index in [1.807, 2.05) is 6.92 Å². The summed E-state index contributed by atoms with van der Waals surface area (Å²) >= 11 is 5.94. The number of Topliss-reactive ketones (excluding diaryl/α,β-unsaturated/α-hetero) is 1. The molecule has 5 rings (SSSR count). The highest BCUT2D eigenvalue weighted by Gasteiger charge is 2.76. The van der Waals surface area contributed by atoms with Crippen molar-refractivity contribution >= 4 is 23.2 Å². The van der Waals surface area contributed by atoms with Crippen molar-refractivity contribution in [2.45, 2.75) is 75.5 Å². The molecule has 1 saturated heterocycles. The van der Waals surface area contributed by atoms with Crippen molar-refractivity contribution in [3.05, 3.63) is 23.8 Å². The van der Waals surface area contributed by atoms with Gasteiger partial charge in [0.15, 0.2) is 22.8 Å². The first-order valence-electron chi connectivity index (χ1n) is 11.7. The molecule has 0 radical (unpaired) electrons. The fraction of sp³-hybridized carbons (Fsp3) is 0.760. The van der Waals surface area contributed by atoms with E-state index in [1.54, 1.807) is 19.9 Å². The van der Waals surface area contributed by atoms with E-state index in [0.29, 0.717) is 25.0 Å². The first kappa shape index (κ1) is 23.6. The zero-order valence-electron chi connectivity index (χ0n) is 19.3. The third-order valence-corrected chi connectivity index (χ3v) is 9.85. The summed E-state index contributed by atoms with van der Waals surface area (Å²) in [4.78, 5) is 25.1. The number of aliphatic hydroxyl groups is 2. The zero-order chi connectivity index (χ0) is 24.0. The molecule has 33 heavy (non-hydrogen) atoms. The van der Waals surface area contributed by atoms with E-state index in [9.17, 15) is 19.8 Å². The van der Waals surface area contributed by atoms with Gasteiger partial charge in [-0.05, 0) is 57.6 Å². The highest BCUT2D eigenvalue weighted by Crippen LogP contribution is 2.70. The lowest BCUT2D eigenvalue weighted by Crippen LogP contribution is -2.69. The monoisotopic (exact) mass is 482 g/mol. The third kappa shape index (κ3) is 2.92. The summed E-state index contributed by atoms with van der Waals surface area (Å²) in [5, 5.41) is 23.3. The number of rotatable bonds is 5. The van der Waals surface area contributed by atoms with Crippen LogP contribution >= 0.6 is 11.6 Å². The minimum Gasteiger partial charge on any atom is -0.390 e. The van der Waals surface area contributed by atoms with Crippen LogP contribution in [0.25, 0.3) is 0 Å². The minimum atomic E-state index is -2.04. The quantitative estimate of drug-likeness (QED) is 0.462. The average Bonchev–Trinajstić information content (AvgIpc) is 3.46. The molecule has 182 valence electrons. The van der Waals surface area contributed by atoms with Crippen molar-refractivity contribution in [2.24, 2.45) is 22.7 Å². The van der Waals surface area contributed by atoms with E-state index in [4.69, 9.17) is 21.1 Å². The van der Waals surface area contributed by atoms with Gasteiger partial charge in [-0.1, -0.05) is 18.6 Å². The van der Waals surface area contributed by atoms with E-state index in [-0.39, 0.29) is 25.2 Å². The summed E-state index contributed by atoms with van der Waals surface area (Å²) < 4.78 is 28.7. The van der Waals surface area contributed by atoms with Gasteiger partial charge in [0, 0.05) is 16.7 Å². The van der Waals surface area contributed by atoms with Crippen LogP contribution in [0.3, 0.4) is 0 Å². The number of aliphatic hydroxyl groups excluding tert-OH is 1. The molecule has 5 aliphatic rings. The van der Waals surface area contributed by atoms with E-state index in [1.165, 1.54) is 12.2 Å². The van der Waals surface area contributed by atoms with Crippen LogP contribution in [0, 0.1) is 22.7 Å². The van der Waals surface area contributed by atoms with Crippen LogP contribution in [-0.2, 0) is 19.1 Å². The van der Waals surface area contributed by atoms with Gasteiger partial charge in [-0.2, -0.15) is 0 Å². The average molecular weight is 483 g/mol. The molecule has 4 fully saturated rings. The standard InChI is InChI=1S/C25H32ClFO6/c1-21(13-33-21)12-32-20-9-17-16-5-4-14-8-15(28)6-7-22(14,2)24(16,27)18(29)10-23(17,3)25(20,31)19(30)11-26/h6-8,16-18,20,29,31H,4-5,9-13H2,1-3H3/t16-,17-,18-,20+,21?,22-,23-,24?,25+/m0/s1. The number of allylic oxidation sites excluding steroid dienone is 4. The predicted octanol–water partition coefficient (Wildman–Crippen LogP) is 2.68. The fourth-order valence-corrected chi connectivity index (χ4v) is 7.68. The Kier molecular flexibility index (Phi) is 5.15. The normalized spacial score (nSPS) is 52.6. The molecule has 2 unspecified atom stereocenters. The Morgan fingerprint density at radius 3 is 2.67 bits per heavy atom. The molecule has 0 spiro atoms. The number of hydrogen-bond donors (Lipinski definition) is 2. The van der Waals surface area contributed by atoms with Crippen LogP contribution < -0.4 is 0 Å². The number of alkyl halides is 2. The van der Waals surface area contributed by atoms with Crippen molar-refractivity contribution in [1.82, 2.24) is 0 Å². The zero-order valence-corrected chi connectivity index (χ0v) is 20.0. The fourth-order valence-electron chi connectivity index (χ4n) is 7.47. The van der Waals surface area contributed by atoms with Crippen molar-refractivity contribution < 1.29 is 33.7 Å². The summed E-state index contributed by atoms with van der Waals surface area (Å²) in [7, 11) is 0. The SMILES string of the molecule is CC1(CO[C@@H]2C[C@H]3[C@@H]4CCC5=CC(=O)C=C[C@]5(C)C4(F)[C@@H](O)C[C@]3(C)[C@@]2(O)C(=O)CCl)CO1. The number of ether oxygens (including phenoxy) is 2. The number of fused-ring (bicyclic) bond motifs is 5. The van der Waals surface area contributed by atoms with E-state index in [2.05, 4.69) is 0 Å². The van der Waals surface area contributed by atoms with Crippen molar-refractivity contribution in [1.29, 1.82) is 0 Å². The molecule has 4 aliphatic carbocycles. The molecule has 3 saturated carbocycles. The highest BCUT2D eigenvalue weighted by atomic mass is 35.5. The summed E-state index contributed by atoms with van der Waals surface area (Å²) in [5.74, 6) is -2.17. The molecule has 0 bridgehead atoms. The Morgan fingerprint density at radius 1 is 1.33 bits per heavy atom. The van der Waals surface area contributed by atoms with Crippen LogP contribution in [0.4, 0.5) is 4.39 Å². The van der Waals surface area contributed by atoms with Gasteiger partial charge < -0.3 is 19.7 Å². The Labute approximate surface area is 198 Å². The molecule has 9 atom stereocenters. The van der Waals surface area contributed by atoms with Crippen LogP contribution in [0.15, 0.2) is 23.8 Å². The lowest BCUT2D eigenvalue weighted by Gasteiger charge is -2.62. The maximum Gasteiger partial charge on any atom is 0.182 e. The lowest BCUT2D eigenvalue weighted by atomic mass is 9.44. The summed E-state index contributed by atoms with van der Waals surface area (Å²) in [6.45, 7) is 6.14. The number of ketones is 2. The molecule has 0 aromatic rings. The van der Waals surface area contributed by atoms with E-state index >= 15 is 4.39 Å². The van der Waals surface area contributed by atoms with Gasteiger partial charge in [-0.25, -0.2) is 4.39 Å². The van der Waals surface area contributed by atoms with Crippen molar-refractivity contribution in [3.8, 4) is 0 Å². The van der Waals surface area contributed by atoms with Gasteiger partial charge in [-0.15, -0.1) is 11.6 Å². The number of carbonyl (C=O) groups is 2. The first-order valence-corrected chi connectivity index (χ1v) is 12.3. The second-order valence-corrected chi connectivity index (χ2v) is 11.6. The van der Waals surface area contributed by atoms with Crippen LogP contribution in [-0.4, -0.2) is 70.0 Å². The van der Waals surface area contributed by atoms with Crippen molar-refractivity contribution in [2.75, 3.05) is 19.1 Å². The summed E-state index contributed by atoms with van der Waals surface area (Å²) in [5.41, 5.74) is -5.98. The maximum atomic E-state index is 17.2. The second-order valence-electron chi connectivity index (χ2n) is 11.4. The summed E-state index contributed by atoms with van der Waals surface area (Å²) in [6.07, 6.45) is 3.24. The highest BCUT2D eigenvalue weighted by molar-refractivity contribution is 6.29. The Morgan fingerprint density at radius 2 is 2.03 bits per heavy atom. The molecule has 6 nitrogen and oxygen atoms in total. The molecule has 8 heteroatoms. The van der Waals surface area contributed by atoms with Gasteiger partial charge in [-0.3, -0.25) is 9.59 Å². The topological polar surface area (TPSA) is 96.4 Å². The molecule has 0 amide bonds. The minimum absolute atomic E-state index is 0.109. The van der Waals surface area contributed by atoms with Crippen LogP contribution in [0.1, 0.15) is 46.5 Å². The third-order valence-electron chi connectivity index (χ3n) is 9.61. The molecule has 1 aliphatic heterocycles. The van der Waals surface area contributed by atoms with E-state index in [0.717, 1.165) is 0 Å². The number of hydrogen-bond acceptors (Lipinski definition) is 6. The van der Waals surface area contributed by atoms with Crippen LogP contribution in [0.2, 0.25) is 0 Å². The predicted molar refractivity (Wildman–Crippen MR) is 119 cm³/mol. The van der Waals surface area contributed by atoms with Gasteiger partial charge in [0.05, 0.1) is 31.3 Å². The maximum absolute atomic E-state index is 17.2. The number of carbonyl (C=O) groups excluding carboxylic acids is 2. The first-order chi connectivity index (χ1) is 15.4. The largest absolute Gasteiger partial charge is 0.390 e. The molecule has 1 heterocycles. The molecule has 0 aromatic heterocycles. The second kappa shape index (κ2) is 7.20. The molecular formula is C25H32ClFO6. The van der Waals surface area contributed by atoms with Gasteiger partial charge in [0.1, 0.15) is 5.60 Å². The van der Waals surface area contributed by atoms with E-state index < -0.39 is 63.4 Å². The Bertz CT molecular complexity index is 961. The lowest BCUT2D eigenvalue weighted by molar-refractivity contribution is -0.223. The van der Waals surface area contributed by atoms with Crippen molar-refractivity contribution in [3.63, 3.8) is 0 Å². The summed E-state index contributed by atoms with van der Waals surface area (Å²) in [6, 6.07) is 0. The smallest absolute Gasteiger partial charge is 0.182 e. The van der Waals surface area contributed by atoms with Gasteiger partial charge >= 0.3 is 0 Å². The number of epoxide rings is 1. The Hall–Kier alpha value is -1.12. The van der Waals surface area contributed by atoms with Gasteiger partial charge in [0.2, 0.25) is 0 Å². The molecule has 2 N–H and O–H groups in total. The Balaban J connectivity index is 1.56. The molecular weight excluding hydrogens is 451 g/mol. The van der Waals surface area contributed by atoms with Crippen LogP contribution in [0.5, 0.6) is 0 Å². The number of halogens is 2. The molecule has 0 aromatic carbocycles.